The van der Waals surface area contributed by atoms with Gasteiger partial charge in [0.25, 0.3) is 5.89 Å². The summed E-state index contributed by atoms with van der Waals surface area (Å²) in [4.78, 5) is 0. The van der Waals surface area contributed by atoms with Crippen molar-refractivity contribution in [3.05, 3.63) is 24.3 Å². The molecule has 3 aromatic heterocycles. The second-order valence-electron chi connectivity index (χ2n) is 3.67. The third-order valence-electron chi connectivity index (χ3n) is 2.39. The number of rotatable bonds is 4. The van der Waals surface area contributed by atoms with E-state index < -0.39 is 0 Å². The van der Waals surface area contributed by atoms with Gasteiger partial charge < -0.3 is 14.6 Å². The fraction of sp³-hybridized carbons (Fsp3) is 0.200. The van der Waals surface area contributed by atoms with Crippen molar-refractivity contribution in [2.45, 2.75) is 10.9 Å². The summed E-state index contributed by atoms with van der Waals surface area (Å²) in [6.07, 6.45) is 1.55. The van der Waals surface area contributed by atoms with Crippen molar-refractivity contribution in [3.8, 4) is 11.7 Å². The van der Waals surface area contributed by atoms with E-state index in [-0.39, 0.29) is 0 Å². The van der Waals surface area contributed by atoms with Gasteiger partial charge in [-0.15, -0.1) is 20.4 Å². The summed E-state index contributed by atoms with van der Waals surface area (Å²) in [7, 11) is 1.79. The maximum absolute atomic E-state index is 5.59. The molecule has 0 unspecified atom stereocenters. The first-order chi connectivity index (χ1) is 9.24. The maximum atomic E-state index is 5.59. The molecule has 0 aliphatic rings. The van der Waals surface area contributed by atoms with Gasteiger partial charge in [-0.2, -0.15) is 0 Å². The summed E-state index contributed by atoms with van der Waals surface area (Å²) < 4.78 is 12.3. The molecular formula is C10H10N6O2S. The second-order valence-corrected chi connectivity index (χ2v) is 4.61. The van der Waals surface area contributed by atoms with E-state index in [1.54, 1.807) is 30.0 Å². The minimum absolute atomic E-state index is 0.359. The first-order valence-corrected chi connectivity index (χ1v) is 6.36. The van der Waals surface area contributed by atoms with Crippen LogP contribution >= 0.6 is 11.8 Å². The molecule has 2 N–H and O–H groups in total. The average molecular weight is 278 g/mol. The van der Waals surface area contributed by atoms with Crippen molar-refractivity contribution in [3.63, 3.8) is 0 Å². The summed E-state index contributed by atoms with van der Waals surface area (Å²) >= 11 is 1.41. The van der Waals surface area contributed by atoms with Gasteiger partial charge in [0.15, 0.2) is 10.9 Å². The van der Waals surface area contributed by atoms with Gasteiger partial charge in [-0.1, -0.05) is 11.8 Å². The van der Waals surface area contributed by atoms with Crippen LogP contribution in [0.1, 0.15) is 5.89 Å². The van der Waals surface area contributed by atoms with Crippen LogP contribution in [0.15, 0.2) is 32.4 Å². The number of nitrogen functional groups attached to an aromatic ring is 1. The Morgan fingerprint density at radius 2 is 2.21 bits per heavy atom. The van der Waals surface area contributed by atoms with Crippen LogP contribution in [-0.2, 0) is 12.8 Å². The SMILES string of the molecule is Cn1c(N)nnc1SCc1nnc(-c2ccco2)o1. The van der Waals surface area contributed by atoms with Crippen LogP contribution in [0.4, 0.5) is 5.95 Å². The first-order valence-electron chi connectivity index (χ1n) is 5.38. The van der Waals surface area contributed by atoms with E-state index in [0.717, 1.165) is 0 Å². The molecule has 9 heteroatoms. The normalized spacial score (nSPS) is 11.0. The molecule has 0 aliphatic heterocycles. The van der Waals surface area contributed by atoms with Crippen molar-refractivity contribution in [2.24, 2.45) is 7.05 Å². The Morgan fingerprint density at radius 1 is 1.32 bits per heavy atom. The van der Waals surface area contributed by atoms with Gasteiger partial charge in [0, 0.05) is 7.05 Å². The van der Waals surface area contributed by atoms with Crippen molar-refractivity contribution in [2.75, 3.05) is 5.73 Å². The van der Waals surface area contributed by atoms with Gasteiger partial charge in [-0.25, -0.2) is 0 Å². The molecule has 0 saturated heterocycles. The standard InChI is InChI=1S/C10H10N6O2S/c1-16-9(11)14-15-10(16)19-5-7-12-13-8(18-7)6-3-2-4-17-6/h2-4H,5H2,1H3,(H2,11,14). The fourth-order valence-corrected chi connectivity index (χ4v) is 2.14. The topological polar surface area (TPSA) is 109 Å². The number of anilines is 1. The maximum Gasteiger partial charge on any atom is 0.283 e. The molecule has 8 nitrogen and oxygen atoms in total. The second kappa shape index (κ2) is 4.76. The van der Waals surface area contributed by atoms with Crippen LogP contribution in [0.2, 0.25) is 0 Å². The minimum Gasteiger partial charge on any atom is -0.459 e. The summed E-state index contributed by atoms with van der Waals surface area (Å²) in [5, 5.41) is 16.2. The Bertz CT molecular complexity index is 674. The van der Waals surface area contributed by atoms with E-state index in [1.165, 1.54) is 11.8 Å². The highest BCUT2D eigenvalue weighted by molar-refractivity contribution is 7.98. The molecule has 0 amide bonds. The number of thioether (sulfide) groups is 1. The molecule has 0 fully saturated rings. The van der Waals surface area contributed by atoms with Crippen LogP contribution in [0, 0.1) is 0 Å². The highest BCUT2D eigenvalue weighted by atomic mass is 32.2. The molecule has 0 saturated carbocycles. The summed E-state index contributed by atoms with van der Waals surface area (Å²) in [5.41, 5.74) is 5.59. The van der Waals surface area contributed by atoms with Crippen molar-refractivity contribution < 1.29 is 8.83 Å². The van der Waals surface area contributed by atoms with E-state index in [1.807, 2.05) is 0 Å². The van der Waals surface area contributed by atoms with E-state index >= 15 is 0 Å². The van der Waals surface area contributed by atoms with E-state index in [0.29, 0.717) is 34.4 Å². The molecule has 0 radical (unpaired) electrons. The minimum atomic E-state index is 0.359. The highest BCUT2D eigenvalue weighted by Crippen LogP contribution is 2.23. The fourth-order valence-electron chi connectivity index (χ4n) is 1.39. The number of nitrogens with two attached hydrogens (primary N) is 1. The lowest BCUT2D eigenvalue weighted by Crippen LogP contribution is -1.98. The Hall–Kier alpha value is -2.29. The van der Waals surface area contributed by atoms with E-state index in [4.69, 9.17) is 14.6 Å². The van der Waals surface area contributed by atoms with Crippen LogP contribution in [0.25, 0.3) is 11.7 Å². The first kappa shape index (κ1) is 11.8. The Morgan fingerprint density at radius 3 is 2.89 bits per heavy atom. The monoisotopic (exact) mass is 278 g/mol. The number of hydrogen-bond acceptors (Lipinski definition) is 8. The van der Waals surface area contributed by atoms with Crippen LogP contribution < -0.4 is 5.73 Å². The lowest BCUT2D eigenvalue weighted by molar-refractivity contribution is 0.494. The zero-order valence-electron chi connectivity index (χ0n) is 9.98. The number of furan rings is 1. The highest BCUT2D eigenvalue weighted by Gasteiger charge is 2.13. The van der Waals surface area contributed by atoms with Gasteiger partial charge in [0.2, 0.25) is 11.8 Å². The molecule has 3 aromatic rings. The largest absolute Gasteiger partial charge is 0.459 e. The van der Waals surface area contributed by atoms with Crippen LogP contribution in [-0.4, -0.2) is 25.0 Å². The van der Waals surface area contributed by atoms with Gasteiger partial charge in [0.1, 0.15) is 0 Å². The summed E-state index contributed by atoms with van der Waals surface area (Å²) in [6.45, 7) is 0. The molecule has 0 aromatic carbocycles. The third kappa shape index (κ3) is 2.32. The number of nitrogens with zero attached hydrogens (tertiary/aromatic N) is 5. The molecule has 0 bridgehead atoms. The van der Waals surface area contributed by atoms with E-state index in [9.17, 15) is 0 Å². The van der Waals surface area contributed by atoms with Crippen molar-refractivity contribution >= 4 is 17.7 Å². The quantitative estimate of drug-likeness (QED) is 0.712. The zero-order valence-corrected chi connectivity index (χ0v) is 10.8. The lowest BCUT2D eigenvalue weighted by atomic mass is 10.5. The smallest absolute Gasteiger partial charge is 0.283 e. The molecule has 3 rings (SSSR count). The van der Waals surface area contributed by atoms with Gasteiger partial charge in [-0.05, 0) is 12.1 Å². The molecule has 0 atom stereocenters. The predicted molar refractivity (Wildman–Crippen MR) is 67.0 cm³/mol. The molecule has 3 heterocycles. The zero-order chi connectivity index (χ0) is 13.2. The van der Waals surface area contributed by atoms with E-state index in [2.05, 4.69) is 20.4 Å². The summed E-state index contributed by atoms with van der Waals surface area (Å²) in [5.74, 6) is 2.24. The van der Waals surface area contributed by atoms with Crippen LogP contribution in [0.3, 0.4) is 0 Å². The number of aromatic nitrogens is 5. The van der Waals surface area contributed by atoms with Crippen LogP contribution in [0.5, 0.6) is 0 Å². The predicted octanol–water partition coefficient (Wildman–Crippen LogP) is 1.33. The Kier molecular flexibility index (Phi) is 2.95. The molecule has 0 spiro atoms. The van der Waals surface area contributed by atoms with Crippen molar-refractivity contribution in [1.29, 1.82) is 0 Å². The van der Waals surface area contributed by atoms with Gasteiger partial charge in [0.05, 0.1) is 12.0 Å². The van der Waals surface area contributed by atoms with Gasteiger partial charge >= 0.3 is 0 Å². The average Bonchev–Trinajstić information content (AvgIpc) is 3.11. The Labute approximate surface area is 112 Å². The molecular weight excluding hydrogens is 268 g/mol. The summed E-state index contributed by atoms with van der Waals surface area (Å²) in [6, 6.07) is 3.52. The molecule has 19 heavy (non-hydrogen) atoms. The lowest BCUT2D eigenvalue weighted by Gasteiger charge is -1.97. The van der Waals surface area contributed by atoms with Crippen molar-refractivity contribution in [1.82, 2.24) is 25.0 Å². The Balaban J connectivity index is 1.69. The molecule has 98 valence electrons. The third-order valence-corrected chi connectivity index (χ3v) is 3.40. The van der Waals surface area contributed by atoms with Gasteiger partial charge in [-0.3, -0.25) is 4.57 Å². The number of hydrogen-bond donors (Lipinski definition) is 1. The molecule has 0 aliphatic carbocycles.